The minimum absolute atomic E-state index is 0.385. The van der Waals surface area contributed by atoms with E-state index in [2.05, 4.69) is 9.97 Å². The molecule has 0 bridgehead atoms. The van der Waals surface area contributed by atoms with Gasteiger partial charge in [0, 0.05) is 23.3 Å². The van der Waals surface area contributed by atoms with E-state index in [4.69, 9.17) is 10.8 Å². The van der Waals surface area contributed by atoms with Gasteiger partial charge in [0.1, 0.15) is 6.04 Å². The smallest absolute Gasteiger partial charge is 0.326 e. The molecule has 0 spiro atoms. The number of nitrogens with one attached hydrogen (secondary N) is 1. The predicted octanol–water partition coefficient (Wildman–Crippen LogP) is 0.647. The number of H-pyrrole nitrogens is 1. The molecule has 2 heterocycles. The molecule has 1 atom stereocenters. The van der Waals surface area contributed by atoms with Crippen molar-refractivity contribution in [1.82, 2.24) is 9.97 Å². The molecule has 0 aliphatic heterocycles. The standard InChI is InChI=1S/C9H9N3O2/c10-7(9(13)14)8-5-1-3-11-6(5)2-4-12-8/h1-4,7,11H,10H2,(H,13,14). The molecule has 5 heteroatoms. The highest BCUT2D eigenvalue weighted by atomic mass is 16.4. The largest absolute Gasteiger partial charge is 0.480 e. The molecule has 0 radical (unpaired) electrons. The number of nitrogens with two attached hydrogens (primary N) is 1. The summed E-state index contributed by atoms with van der Waals surface area (Å²) in [5, 5.41) is 9.51. The maximum absolute atomic E-state index is 10.7. The number of aliphatic carboxylic acids is 1. The summed E-state index contributed by atoms with van der Waals surface area (Å²) in [4.78, 5) is 17.6. The van der Waals surface area contributed by atoms with Crippen LogP contribution in [0.3, 0.4) is 0 Å². The van der Waals surface area contributed by atoms with Gasteiger partial charge in [-0.05, 0) is 12.1 Å². The summed E-state index contributed by atoms with van der Waals surface area (Å²) in [7, 11) is 0. The molecule has 0 aromatic carbocycles. The minimum atomic E-state index is -1.08. The lowest BCUT2D eigenvalue weighted by Crippen LogP contribution is -2.21. The summed E-state index contributed by atoms with van der Waals surface area (Å²) in [6, 6.07) is 2.46. The summed E-state index contributed by atoms with van der Waals surface area (Å²) < 4.78 is 0. The first-order chi connectivity index (χ1) is 6.70. The van der Waals surface area contributed by atoms with E-state index in [1.165, 1.54) is 6.20 Å². The van der Waals surface area contributed by atoms with Crippen molar-refractivity contribution < 1.29 is 9.90 Å². The van der Waals surface area contributed by atoms with E-state index < -0.39 is 12.0 Å². The number of rotatable bonds is 2. The quantitative estimate of drug-likeness (QED) is 0.649. The van der Waals surface area contributed by atoms with Crippen LogP contribution in [0.5, 0.6) is 0 Å². The molecule has 2 rings (SSSR count). The molecule has 4 N–H and O–H groups in total. The van der Waals surface area contributed by atoms with Crippen molar-refractivity contribution in [3.63, 3.8) is 0 Å². The number of fused-ring (bicyclic) bond motifs is 1. The van der Waals surface area contributed by atoms with Crippen LogP contribution in [-0.4, -0.2) is 21.0 Å². The molecule has 0 aliphatic rings. The van der Waals surface area contributed by atoms with Gasteiger partial charge in [-0.15, -0.1) is 0 Å². The number of carboxylic acid groups (broad SMARTS) is 1. The number of carbonyl (C=O) groups is 1. The Labute approximate surface area is 79.6 Å². The zero-order chi connectivity index (χ0) is 10.1. The van der Waals surface area contributed by atoms with Crippen LogP contribution in [0.15, 0.2) is 24.5 Å². The van der Waals surface area contributed by atoms with Crippen LogP contribution in [0.4, 0.5) is 0 Å². The third kappa shape index (κ3) is 1.23. The fraction of sp³-hybridized carbons (Fsp3) is 0.111. The zero-order valence-corrected chi connectivity index (χ0v) is 7.27. The first kappa shape index (κ1) is 8.71. The van der Waals surface area contributed by atoms with Crippen molar-refractivity contribution in [3.05, 3.63) is 30.2 Å². The summed E-state index contributed by atoms with van der Waals surface area (Å²) >= 11 is 0. The van der Waals surface area contributed by atoms with Crippen LogP contribution in [-0.2, 0) is 4.79 Å². The van der Waals surface area contributed by atoms with Crippen LogP contribution < -0.4 is 5.73 Å². The lowest BCUT2D eigenvalue weighted by molar-refractivity contribution is -0.138. The van der Waals surface area contributed by atoms with Crippen LogP contribution in [0.25, 0.3) is 10.9 Å². The highest BCUT2D eigenvalue weighted by Crippen LogP contribution is 2.19. The molecule has 0 saturated carbocycles. The maximum atomic E-state index is 10.7. The third-order valence-corrected chi connectivity index (χ3v) is 2.07. The molecule has 1 unspecified atom stereocenters. The second kappa shape index (κ2) is 3.12. The number of nitrogens with zero attached hydrogens (tertiary/aromatic N) is 1. The Kier molecular flexibility index (Phi) is 1.94. The zero-order valence-electron chi connectivity index (χ0n) is 7.27. The molecule has 0 fully saturated rings. The molecule has 2 aromatic heterocycles. The number of hydrogen-bond donors (Lipinski definition) is 3. The lowest BCUT2D eigenvalue weighted by atomic mass is 10.1. The predicted molar refractivity (Wildman–Crippen MR) is 50.7 cm³/mol. The van der Waals surface area contributed by atoms with Gasteiger partial charge in [-0.2, -0.15) is 0 Å². The molecule has 72 valence electrons. The van der Waals surface area contributed by atoms with Gasteiger partial charge in [0.2, 0.25) is 0 Å². The Hall–Kier alpha value is -1.88. The van der Waals surface area contributed by atoms with E-state index in [1.807, 2.05) is 0 Å². The Morgan fingerprint density at radius 2 is 2.36 bits per heavy atom. The molecular weight excluding hydrogens is 182 g/mol. The van der Waals surface area contributed by atoms with Crippen LogP contribution in [0.2, 0.25) is 0 Å². The van der Waals surface area contributed by atoms with Crippen molar-refractivity contribution >= 4 is 16.9 Å². The van der Waals surface area contributed by atoms with Gasteiger partial charge in [-0.25, -0.2) is 0 Å². The average molecular weight is 191 g/mol. The number of pyridine rings is 1. The van der Waals surface area contributed by atoms with E-state index >= 15 is 0 Å². The van der Waals surface area contributed by atoms with E-state index in [-0.39, 0.29) is 0 Å². The summed E-state index contributed by atoms with van der Waals surface area (Å²) in [5.74, 6) is -1.08. The van der Waals surface area contributed by atoms with Crippen molar-refractivity contribution in [2.24, 2.45) is 5.73 Å². The van der Waals surface area contributed by atoms with Crippen molar-refractivity contribution in [1.29, 1.82) is 0 Å². The lowest BCUT2D eigenvalue weighted by Gasteiger charge is -2.06. The Morgan fingerprint density at radius 1 is 1.57 bits per heavy atom. The monoisotopic (exact) mass is 191 g/mol. The van der Waals surface area contributed by atoms with E-state index in [1.54, 1.807) is 18.3 Å². The van der Waals surface area contributed by atoms with Crippen LogP contribution in [0, 0.1) is 0 Å². The second-order valence-electron chi connectivity index (χ2n) is 2.95. The topological polar surface area (TPSA) is 92.0 Å². The van der Waals surface area contributed by atoms with Gasteiger partial charge in [-0.1, -0.05) is 0 Å². The molecule has 14 heavy (non-hydrogen) atoms. The van der Waals surface area contributed by atoms with Crippen LogP contribution >= 0.6 is 0 Å². The van der Waals surface area contributed by atoms with E-state index in [9.17, 15) is 4.79 Å². The number of aromatic nitrogens is 2. The average Bonchev–Trinajstić information content (AvgIpc) is 2.63. The molecule has 5 nitrogen and oxygen atoms in total. The fourth-order valence-electron chi connectivity index (χ4n) is 1.37. The molecule has 0 aliphatic carbocycles. The molecule has 0 amide bonds. The molecule has 2 aromatic rings. The molecular formula is C9H9N3O2. The van der Waals surface area contributed by atoms with Gasteiger partial charge in [0.25, 0.3) is 0 Å². The van der Waals surface area contributed by atoms with Gasteiger partial charge in [0.15, 0.2) is 0 Å². The fourth-order valence-corrected chi connectivity index (χ4v) is 1.37. The van der Waals surface area contributed by atoms with Gasteiger partial charge < -0.3 is 15.8 Å². The Morgan fingerprint density at radius 3 is 3.07 bits per heavy atom. The van der Waals surface area contributed by atoms with Crippen molar-refractivity contribution in [2.75, 3.05) is 0 Å². The Bertz CT molecular complexity index is 478. The SMILES string of the molecule is NC(C(=O)O)c1nccc2[nH]ccc12. The van der Waals surface area contributed by atoms with Crippen molar-refractivity contribution in [3.8, 4) is 0 Å². The normalized spacial score (nSPS) is 12.9. The van der Waals surface area contributed by atoms with E-state index in [0.717, 1.165) is 10.9 Å². The number of carboxylic acids is 1. The summed E-state index contributed by atoms with van der Waals surface area (Å²) in [6.45, 7) is 0. The van der Waals surface area contributed by atoms with Gasteiger partial charge in [0.05, 0.1) is 5.69 Å². The number of aromatic amines is 1. The third-order valence-electron chi connectivity index (χ3n) is 2.07. The highest BCUT2D eigenvalue weighted by Gasteiger charge is 2.18. The van der Waals surface area contributed by atoms with Gasteiger partial charge in [-0.3, -0.25) is 9.78 Å². The first-order valence-electron chi connectivity index (χ1n) is 4.10. The highest BCUT2D eigenvalue weighted by molar-refractivity contribution is 5.87. The second-order valence-corrected chi connectivity index (χ2v) is 2.95. The summed E-state index contributed by atoms with van der Waals surface area (Å²) in [6.07, 6.45) is 3.27. The Balaban J connectivity index is 2.61. The summed E-state index contributed by atoms with van der Waals surface area (Å²) in [5.41, 5.74) is 6.71. The van der Waals surface area contributed by atoms with Crippen LogP contribution in [0.1, 0.15) is 11.7 Å². The maximum Gasteiger partial charge on any atom is 0.326 e. The number of hydrogen-bond acceptors (Lipinski definition) is 3. The van der Waals surface area contributed by atoms with Crippen molar-refractivity contribution in [2.45, 2.75) is 6.04 Å². The first-order valence-corrected chi connectivity index (χ1v) is 4.10. The minimum Gasteiger partial charge on any atom is -0.480 e. The van der Waals surface area contributed by atoms with Gasteiger partial charge >= 0.3 is 5.97 Å². The van der Waals surface area contributed by atoms with E-state index in [0.29, 0.717) is 5.69 Å². The molecule has 0 saturated heterocycles.